The van der Waals surface area contributed by atoms with Crippen molar-refractivity contribution in [3.8, 4) is 5.75 Å². The maximum absolute atomic E-state index is 14.3. The molecular weight excluding hydrogens is 612 g/mol. The third kappa shape index (κ3) is 8.83. The van der Waals surface area contributed by atoms with Crippen LogP contribution in [-0.4, -0.2) is 101 Å². The average molecular weight is 657 g/mol. The minimum Gasteiger partial charge on any atom is -0.490 e. The number of aliphatic hydroxyl groups is 1. The molecule has 2 aromatic heterocycles. The van der Waals surface area contributed by atoms with E-state index in [9.17, 15) is 23.1 Å². The molecule has 1 aromatic carbocycles. The van der Waals surface area contributed by atoms with Crippen LogP contribution in [-0.2, 0) is 21.8 Å². The van der Waals surface area contributed by atoms with E-state index in [-0.39, 0.29) is 53.9 Å². The van der Waals surface area contributed by atoms with Gasteiger partial charge in [0.15, 0.2) is 5.03 Å². The molecule has 0 fully saturated rings. The second-order valence-corrected chi connectivity index (χ2v) is 13.5. The molecule has 13 nitrogen and oxygen atoms in total. The quantitative estimate of drug-likeness (QED) is 0.372. The fraction of sp³-hybridized carbons (Fsp3) is 0.500. The molecule has 1 aliphatic rings. The minimum atomic E-state index is -4.03. The number of nitrogens with one attached hydrogen (secondary N) is 1. The van der Waals surface area contributed by atoms with Crippen LogP contribution in [0.2, 0.25) is 0 Å². The molecule has 0 saturated carbocycles. The Balaban J connectivity index is 1.66. The maximum atomic E-state index is 14.3. The van der Waals surface area contributed by atoms with Crippen molar-refractivity contribution >= 4 is 27.5 Å². The number of anilines is 1. The van der Waals surface area contributed by atoms with Crippen molar-refractivity contribution in [3.05, 3.63) is 66.4 Å². The molecule has 0 bridgehead atoms. The number of ether oxygens (including phenoxy) is 2. The van der Waals surface area contributed by atoms with Gasteiger partial charge in [0, 0.05) is 69.6 Å². The normalized spacial score (nSPS) is 20.6. The number of aromatic nitrogens is 3. The predicted octanol–water partition coefficient (Wildman–Crippen LogP) is 3.18. The first-order chi connectivity index (χ1) is 21.9. The van der Waals surface area contributed by atoms with Gasteiger partial charge in [-0.2, -0.15) is 8.42 Å². The number of aryl methyl sites for hydroxylation is 1. The van der Waals surface area contributed by atoms with Gasteiger partial charge in [0.05, 0.1) is 36.7 Å². The molecule has 2 amide bonds. The number of hydrogen-bond acceptors (Lipinski definition) is 9. The second kappa shape index (κ2) is 15.5. The summed E-state index contributed by atoms with van der Waals surface area (Å²) in [6, 6.07) is 7.32. The first kappa shape index (κ1) is 34.9. The van der Waals surface area contributed by atoms with E-state index in [1.807, 2.05) is 13.8 Å². The lowest BCUT2D eigenvalue weighted by Gasteiger charge is -2.36. The van der Waals surface area contributed by atoms with Crippen LogP contribution >= 0.6 is 0 Å². The Morgan fingerprint density at radius 1 is 1.20 bits per heavy atom. The van der Waals surface area contributed by atoms with Crippen LogP contribution in [0.3, 0.4) is 0 Å². The van der Waals surface area contributed by atoms with Gasteiger partial charge in [0.25, 0.3) is 21.8 Å². The van der Waals surface area contributed by atoms with Gasteiger partial charge in [-0.3, -0.25) is 19.3 Å². The Bertz CT molecular complexity index is 1580. The van der Waals surface area contributed by atoms with Crippen LogP contribution in [0.1, 0.15) is 60.7 Å². The lowest BCUT2D eigenvalue weighted by Crippen LogP contribution is -2.48. The fourth-order valence-corrected chi connectivity index (χ4v) is 6.28. The highest BCUT2D eigenvalue weighted by molar-refractivity contribution is 7.92. The molecule has 4 rings (SSSR count). The number of imidazole rings is 1. The molecule has 0 spiro atoms. The summed E-state index contributed by atoms with van der Waals surface area (Å²) in [6.45, 7) is 6.25. The molecular formula is C32H44N6O7S. The number of rotatable bonds is 8. The number of fused-ring (bicyclic) bond motifs is 1. The molecule has 250 valence electrons. The molecule has 2 N–H and O–H groups in total. The number of likely N-dealkylation sites (N-methyl/N-ethyl adjacent to an activating group) is 1. The van der Waals surface area contributed by atoms with Crippen molar-refractivity contribution in [1.29, 1.82) is 0 Å². The fourth-order valence-electron chi connectivity index (χ4n) is 5.25. The predicted molar refractivity (Wildman–Crippen MR) is 172 cm³/mol. The lowest BCUT2D eigenvalue weighted by molar-refractivity contribution is -0.0149. The molecule has 3 aromatic rings. The van der Waals surface area contributed by atoms with E-state index >= 15 is 0 Å². The number of nitrogens with zero attached hydrogens (tertiary/aromatic N) is 5. The first-order valence-electron chi connectivity index (χ1n) is 15.4. The van der Waals surface area contributed by atoms with E-state index in [0.29, 0.717) is 24.3 Å². The Kier molecular flexibility index (Phi) is 11.8. The number of aliphatic hydroxyl groups excluding tert-OH is 1. The summed E-state index contributed by atoms with van der Waals surface area (Å²) in [7, 11) is -0.645. The van der Waals surface area contributed by atoms with Gasteiger partial charge in [0.1, 0.15) is 5.75 Å². The van der Waals surface area contributed by atoms with E-state index in [2.05, 4.69) is 14.7 Å². The van der Waals surface area contributed by atoms with Crippen molar-refractivity contribution in [3.63, 3.8) is 0 Å². The maximum Gasteiger partial charge on any atom is 0.280 e. The summed E-state index contributed by atoms with van der Waals surface area (Å²) in [5, 5.41) is 10.0. The van der Waals surface area contributed by atoms with E-state index in [1.165, 1.54) is 23.2 Å². The second-order valence-electron chi connectivity index (χ2n) is 11.9. The zero-order valence-electron chi connectivity index (χ0n) is 27.0. The third-order valence-electron chi connectivity index (χ3n) is 7.99. The molecule has 4 atom stereocenters. The standard InChI is InChI=1S/C32H44N6O7S/c1-22-17-38(23(2)20-39)32(41)27-16-26(35-46(42,43)30-19-36(4)21-34-30)9-10-28(27)45-24(3)8-6-7-15-44-29(22)18-37(5)31(40)25-11-13-33-14-12-25/h9-14,16,19,21-24,29,35,39H,6-8,15,17-18,20H2,1-5H3/t22-,23-,24-,29-/m0/s1. The largest absolute Gasteiger partial charge is 0.490 e. The van der Waals surface area contributed by atoms with Crippen LogP contribution in [0.15, 0.2) is 60.3 Å². The number of carbonyl (C=O) groups excluding carboxylic acids is 2. The highest BCUT2D eigenvalue weighted by Gasteiger charge is 2.31. The van der Waals surface area contributed by atoms with E-state index < -0.39 is 28.1 Å². The van der Waals surface area contributed by atoms with Crippen LogP contribution < -0.4 is 9.46 Å². The van der Waals surface area contributed by atoms with E-state index in [1.54, 1.807) is 67.5 Å². The number of sulfonamides is 1. The van der Waals surface area contributed by atoms with Crippen molar-refractivity contribution in [2.24, 2.45) is 13.0 Å². The smallest absolute Gasteiger partial charge is 0.280 e. The van der Waals surface area contributed by atoms with Gasteiger partial charge in [-0.15, -0.1) is 0 Å². The minimum absolute atomic E-state index is 0.153. The average Bonchev–Trinajstić information content (AvgIpc) is 3.49. The number of carbonyl (C=O) groups is 2. The van der Waals surface area contributed by atoms with Crippen LogP contribution in [0.4, 0.5) is 5.69 Å². The van der Waals surface area contributed by atoms with Gasteiger partial charge in [-0.05, 0) is 63.4 Å². The summed E-state index contributed by atoms with van der Waals surface area (Å²) >= 11 is 0. The summed E-state index contributed by atoms with van der Waals surface area (Å²) < 4.78 is 42.7. The number of hydrogen-bond donors (Lipinski definition) is 2. The van der Waals surface area contributed by atoms with Gasteiger partial charge in [-0.25, -0.2) is 4.98 Å². The Hall–Kier alpha value is -4.01. The van der Waals surface area contributed by atoms with Gasteiger partial charge >= 0.3 is 0 Å². The topological polar surface area (TPSA) is 156 Å². The molecule has 14 heteroatoms. The van der Waals surface area contributed by atoms with Crippen molar-refractivity contribution in [2.45, 2.75) is 63.3 Å². The monoisotopic (exact) mass is 656 g/mol. The highest BCUT2D eigenvalue weighted by atomic mass is 32.2. The Morgan fingerprint density at radius 2 is 1.93 bits per heavy atom. The molecule has 0 unspecified atom stereocenters. The van der Waals surface area contributed by atoms with Gasteiger partial charge in [0.2, 0.25) is 0 Å². The van der Waals surface area contributed by atoms with E-state index in [0.717, 1.165) is 12.8 Å². The summed E-state index contributed by atoms with van der Waals surface area (Å²) in [5.41, 5.74) is 0.828. The van der Waals surface area contributed by atoms with Crippen molar-refractivity contribution in [1.82, 2.24) is 24.3 Å². The van der Waals surface area contributed by atoms with Crippen LogP contribution in [0, 0.1) is 5.92 Å². The van der Waals surface area contributed by atoms with Crippen molar-refractivity contribution < 1.29 is 32.6 Å². The van der Waals surface area contributed by atoms with Gasteiger partial charge < -0.3 is 28.9 Å². The molecule has 0 radical (unpaired) electrons. The first-order valence-corrected chi connectivity index (χ1v) is 16.9. The molecule has 3 heterocycles. The summed E-state index contributed by atoms with van der Waals surface area (Å²) in [6.07, 6.45) is 7.53. The van der Waals surface area contributed by atoms with Gasteiger partial charge in [-0.1, -0.05) is 6.92 Å². The highest BCUT2D eigenvalue weighted by Crippen LogP contribution is 2.29. The zero-order chi connectivity index (χ0) is 33.4. The van der Waals surface area contributed by atoms with Crippen LogP contribution in [0.5, 0.6) is 5.75 Å². The number of pyridine rings is 1. The Labute approximate surface area is 270 Å². The zero-order valence-corrected chi connectivity index (χ0v) is 27.8. The van der Waals surface area contributed by atoms with Crippen LogP contribution in [0.25, 0.3) is 0 Å². The molecule has 46 heavy (non-hydrogen) atoms. The molecule has 0 saturated heterocycles. The SMILES string of the molecule is C[C@H]1CCCCO[C@@H](CN(C)C(=O)c2ccncc2)[C@@H](C)CN([C@@H](C)CO)C(=O)c2cc(NS(=O)(=O)c3cn(C)cn3)ccc2O1. The van der Waals surface area contributed by atoms with Crippen molar-refractivity contribution in [2.75, 3.05) is 38.1 Å². The number of benzene rings is 1. The summed E-state index contributed by atoms with van der Waals surface area (Å²) in [5.74, 6) is -0.544. The molecule has 0 aliphatic carbocycles. The number of amides is 2. The third-order valence-corrected chi connectivity index (χ3v) is 9.25. The van der Waals surface area contributed by atoms with E-state index in [4.69, 9.17) is 9.47 Å². The lowest BCUT2D eigenvalue weighted by atomic mass is 10.0. The summed E-state index contributed by atoms with van der Waals surface area (Å²) in [4.78, 5) is 38.5. The molecule has 1 aliphatic heterocycles. The Morgan fingerprint density at radius 3 is 2.61 bits per heavy atom.